The molecular formula is C71H137NO5. The minimum absolute atomic E-state index is 0.0133. The van der Waals surface area contributed by atoms with E-state index in [2.05, 4.69) is 31.3 Å². The van der Waals surface area contributed by atoms with Gasteiger partial charge < -0.3 is 20.3 Å². The fourth-order valence-electron chi connectivity index (χ4n) is 11.1. The van der Waals surface area contributed by atoms with Crippen molar-refractivity contribution in [3.63, 3.8) is 0 Å². The van der Waals surface area contributed by atoms with Gasteiger partial charge in [-0.1, -0.05) is 346 Å². The maximum absolute atomic E-state index is 12.4. The molecule has 2 atom stereocenters. The van der Waals surface area contributed by atoms with Gasteiger partial charge in [-0.05, 0) is 57.8 Å². The molecule has 1 amide bonds. The second kappa shape index (κ2) is 66.8. The summed E-state index contributed by atoms with van der Waals surface area (Å²) < 4.78 is 5.48. The maximum atomic E-state index is 12.4. The van der Waals surface area contributed by atoms with E-state index in [1.165, 1.54) is 321 Å². The van der Waals surface area contributed by atoms with E-state index < -0.39 is 12.1 Å². The molecule has 0 bridgehead atoms. The van der Waals surface area contributed by atoms with Crippen LogP contribution < -0.4 is 5.32 Å². The quantitative estimate of drug-likeness (QED) is 0.0320. The predicted octanol–water partition coefficient (Wildman–Crippen LogP) is 22.5. The Bertz CT molecular complexity index is 1200. The van der Waals surface area contributed by atoms with Crippen LogP contribution in [0.1, 0.15) is 393 Å². The molecule has 0 heterocycles. The van der Waals surface area contributed by atoms with Gasteiger partial charge in [-0.2, -0.15) is 0 Å². The van der Waals surface area contributed by atoms with Crippen LogP contribution in [0.4, 0.5) is 0 Å². The van der Waals surface area contributed by atoms with Crippen molar-refractivity contribution in [1.29, 1.82) is 0 Å². The van der Waals surface area contributed by atoms with Gasteiger partial charge in [0.05, 0.1) is 25.4 Å². The Morgan fingerprint density at radius 3 is 0.948 bits per heavy atom. The van der Waals surface area contributed by atoms with Crippen molar-refractivity contribution in [3.05, 3.63) is 24.3 Å². The number of hydrogen-bond donors (Lipinski definition) is 3. The smallest absolute Gasteiger partial charge is 0.305 e. The zero-order chi connectivity index (χ0) is 55.7. The summed E-state index contributed by atoms with van der Waals surface area (Å²) in [6, 6.07) is -0.621. The van der Waals surface area contributed by atoms with Gasteiger partial charge in [-0.25, -0.2) is 0 Å². The van der Waals surface area contributed by atoms with E-state index >= 15 is 0 Å². The standard InChI is InChI=1S/C71H137NO5/c1-3-5-7-9-11-13-15-45-49-53-57-61-65-71(76)77-66-62-58-54-50-46-42-40-38-36-34-32-30-28-26-24-22-20-18-16-17-19-21-23-25-27-29-31-33-35-37-39-41-44-48-52-56-60-64-70(75)72-68(67-73)69(74)63-59-55-51-47-43-14-12-10-8-6-4-2/h11,13,59,63,68-69,73-74H,3-10,12,14-58,60-62,64-67H2,1-2H3,(H,72,75)/b13-11-,63-59+. The highest BCUT2D eigenvalue weighted by molar-refractivity contribution is 5.76. The second-order valence-corrected chi connectivity index (χ2v) is 24.2. The lowest BCUT2D eigenvalue weighted by Crippen LogP contribution is -2.45. The minimum atomic E-state index is -0.838. The first-order valence-electron chi connectivity index (χ1n) is 35.1. The van der Waals surface area contributed by atoms with Crippen molar-refractivity contribution >= 4 is 11.9 Å². The molecule has 6 nitrogen and oxygen atoms in total. The van der Waals surface area contributed by atoms with Crippen LogP contribution in [0.25, 0.3) is 0 Å². The monoisotopic (exact) mass is 1080 g/mol. The van der Waals surface area contributed by atoms with E-state index in [0.717, 1.165) is 44.9 Å². The highest BCUT2D eigenvalue weighted by atomic mass is 16.5. The normalized spacial score (nSPS) is 12.6. The zero-order valence-corrected chi connectivity index (χ0v) is 52.2. The van der Waals surface area contributed by atoms with Crippen molar-refractivity contribution < 1.29 is 24.5 Å². The number of esters is 1. The first kappa shape index (κ1) is 75.3. The van der Waals surface area contributed by atoms with Crippen LogP contribution in [-0.4, -0.2) is 47.4 Å². The summed E-state index contributed by atoms with van der Waals surface area (Å²) in [5.74, 6) is -0.0485. The number of amides is 1. The average Bonchev–Trinajstić information content (AvgIpc) is 3.43. The lowest BCUT2D eigenvalue weighted by Gasteiger charge is -2.20. The molecule has 0 aliphatic heterocycles. The molecule has 3 N–H and O–H groups in total. The first-order valence-corrected chi connectivity index (χ1v) is 35.1. The number of allylic oxidation sites excluding steroid dienone is 3. The minimum Gasteiger partial charge on any atom is -0.466 e. The molecule has 0 aliphatic carbocycles. The molecule has 0 aromatic carbocycles. The highest BCUT2D eigenvalue weighted by Gasteiger charge is 2.18. The molecule has 0 radical (unpaired) electrons. The predicted molar refractivity (Wildman–Crippen MR) is 338 cm³/mol. The van der Waals surface area contributed by atoms with Crippen molar-refractivity contribution in [1.82, 2.24) is 5.32 Å². The number of aliphatic hydroxyl groups excluding tert-OH is 2. The van der Waals surface area contributed by atoms with E-state index in [-0.39, 0.29) is 18.5 Å². The van der Waals surface area contributed by atoms with Gasteiger partial charge in [0, 0.05) is 12.8 Å². The van der Waals surface area contributed by atoms with Crippen molar-refractivity contribution in [3.8, 4) is 0 Å². The second-order valence-electron chi connectivity index (χ2n) is 24.2. The maximum Gasteiger partial charge on any atom is 0.305 e. The fraction of sp³-hybridized carbons (Fsp3) is 0.915. The van der Waals surface area contributed by atoms with Gasteiger partial charge in [-0.15, -0.1) is 0 Å². The van der Waals surface area contributed by atoms with E-state index in [4.69, 9.17) is 4.74 Å². The van der Waals surface area contributed by atoms with Gasteiger partial charge in [0.25, 0.3) is 0 Å². The third kappa shape index (κ3) is 63.4. The summed E-state index contributed by atoms with van der Waals surface area (Å²) in [4.78, 5) is 24.5. The van der Waals surface area contributed by atoms with Crippen LogP contribution in [0, 0.1) is 0 Å². The van der Waals surface area contributed by atoms with Crippen LogP contribution in [-0.2, 0) is 14.3 Å². The van der Waals surface area contributed by atoms with Crippen molar-refractivity contribution in [2.75, 3.05) is 13.2 Å². The SMILES string of the molecule is CCCCC/C=C\CCCCCCCC(=O)OCCCCCCCCCCCCCCCCCCCCCCCCCCCCCCCCCCCCCCCC(=O)NC(CO)C(O)/C=C/CCCCCCCCCCC. The molecule has 0 saturated carbocycles. The zero-order valence-electron chi connectivity index (χ0n) is 52.2. The van der Waals surface area contributed by atoms with E-state index in [9.17, 15) is 19.8 Å². The molecule has 0 aromatic rings. The average molecular weight is 1080 g/mol. The molecule has 0 aliphatic rings. The Morgan fingerprint density at radius 1 is 0.351 bits per heavy atom. The number of ether oxygens (including phenoxy) is 1. The van der Waals surface area contributed by atoms with Gasteiger partial charge in [0.15, 0.2) is 0 Å². The van der Waals surface area contributed by atoms with Gasteiger partial charge in [0.2, 0.25) is 5.91 Å². The third-order valence-electron chi connectivity index (χ3n) is 16.5. The largest absolute Gasteiger partial charge is 0.466 e. The summed E-state index contributed by atoms with van der Waals surface area (Å²) in [6.07, 6.45) is 84.3. The van der Waals surface area contributed by atoms with Crippen molar-refractivity contribution in [2.24, 2.45) is 0 Å². The van der Waals surface area contributed by atoms with E-state index in [1.807, 2.05) is 6.08 Å². The highest BCUT2D eigenvalue weighted by Crippen LogP contribution is 2.19. The summed E-state index contributed by atoms with van der Waals surface area (Å²) >= 11 is 0. The van der Waals surface area contributed by atoms with Crippen LogP contribution in [0.5, 0.6) is 0 Å². The summed E-state index contributed by atoms with van der Waals surface area (Å²) in [6.45, 7) is 4.89. The fourth-order valence-corrected chi connectivity index (χ4v) is 11.1. The number of nitrogens with one attached hydrogen (secondary N) is 1. The third-order valence-corrected chi connectivity index (χ3v) is 16.5. The number of hydrogen-bond acceptors (Lipinski definition) is 5. The Kier molecular flexibility index (Phi) is 65.4. The molecule has 456 valence electrons. The summed E-state index contributed by atoms with van der Waals surface area (Å²) in [5, 5.41) is 23.1. The lowest BCUT2D eigenvalue weighted by atomic mass is 10.0. The van der Waals surface area contributed by atoms with Crippen LogP contribution in [0.3, 0.4) is 0 Å². The van der Waals surface area contributed by atoms with E-state index in [1.54, 1.807) is 6.08 Å². The van der Waals surface area contributed by atoms with Crippen LogP contribution in [0.2, 0.25) is 0 Å². The molecule has 0 saturated heterocycles. The summed E-state index contributed by atoms with van der Waals surface area (Å²) in [5.41, 5.74) is 0. The van der Waals surface area contributed by atoms with Gasteiger partial charge in [-0.3, -0.25) is 9.59 Å². The van der Waals surface area contributed by atoms with Crippen LogP contribution in [0.15, 0.2) is 24.3 Å². The Balaban J connectivity index is 3.29. The Hall–Kier alpha value is -1.66. The number of rotatable bonds is 66. The molecule has 2 unspecified atom stereocenters. The molecule has 0 aromatic heterocycles. The summed E-state index contributed by atoms with van der Waals surface area (Å²) in [7, 11) is 0. The number of carbonyl (C=O) groups is 2. The Labute approximate surface area is 481 Å². The van der Waals surface area contributed by atoms with Gasteiger partial charge in [0.1, 0.15) is 0 Å². The topological polar surface area (TPSA) is 95.9 Å². The van der Waals surface area contributed by atoms with E-state index in [0.29, 0.717) is 19.4 Å². The van der Waals surface area contributed by atoms with Crippen LogP contribution >= 0.6 is 0 Å². The number of unbranched alkanes of at least 4 members (excludes halogenated alkanes) is 53. The molecular weight excluding hydrogens is 947 g/mol. The first-order chi connectivity index (χ1) is 38.0. The molecule has 6 heteroatoms. The Morgan fingerprint density at radius 2 is 0.610 bits per heavy atom. The lowest BCUT2D eigenvalue weighted by molar-refractivity contribution is -0.143. The number of aliphatic hydroxyl groups is 2. The molecule has 0 fully saturated rings. The van der Waals surface area contributed by atoms with Gasteiger partial charge >= 0.3 is 5.97 Å². The molecule has 0 rings (SSSR count). The molecule has 0 spiro atoms. The van der Waals surface area contributed by atoms with Crippen molar-refractivity contribution in [2.45, 2.75) is 405 Å². The number of carbonyl (C=O) groups excluding carboxylic acids is 2. The molecule has 77 heavy (non-hydrogen) atoms.